The molecular weight excluding hydrogens is 304 g/mol. The van der Waals surface area contributed by atoms with E-state index < -0.39 is 5.41 Å². The molecule has 0 unspecified atom stereocenters. The van der Waals surface area contributed by atoms with E-state index in [0.29, 0.717) is 23.6 Å². The van der Waals surface area contributed by atoms with Crippen molar-refractivity contribution in [1.82, 2.24) is 0 Å². The zero-order valence-corrected chi connectivity index (χ0v) is 14.0. The van der Waals surface area contributed by atoms with Gasteiger partial charge in [0.2, 0.25) is 5.91 Å². The molecule has 5 nitrogen and oxygen atoms in total. The van der Waals surface area contributed by atoms with Crippen molar-refractivity contribution in [3.05, 3.63) is 53.6 Å². The van der Waals surface area contributed by atoms with Crippen LogP contribution in [0.3, 0.4) is 0 Å². The summed E-state index contributed by atoms with van der Waals surface area (Å²) in [5, 5.41) is 5.71. The first-order valence-corrected chi connectivity index (χ1v) is 7.92. The van der Waals surface area contributed by atoms with Gasteiger partial charge >= 0.3 is 0 Å². The second-order valence-electron chi connectivity index (χ2n) is 6.22. The zero-order chi connectivity index (χ0) is 17.3. The number of para-hydroxylation sites is 2. The molecule has 2 amide bonds. The summed E-state index contributed by atoms with van der Waals surface area (Å²) in [5.41, 5.74) is 2.08. The summed E-state index contributed by atoms with van der Waals surface area (Å²) in [4.78, 5) is 24.6. The van der Waals surface area contributed by atoms with Crippen molar-refractivity contribution in [3.63, 3.8) is 0 Å². The summed E-state index contributed by atoms with van der Waals surface area (Å²) in [6, 6.07) is 12.6. The van der Waals surface area contributed by atoms with Crippen LogP contribution in [0.4, 0.5) is 11.4 Å². The molecule has 0 atom stereocenters. The highest BCUT2D eigenvalue weighted by molar-refractivity contribution is 6.09. The highest BCUT2D eigenvalue weighted by atomic mass is 16.5. The first-order chi connectivity index (χ1) is 11.4. The van der Waals surface area contributed by atoms with Crippen LogP contribution < -0.4 is 15.4 Å². The topological polar surface area (TPSA) is 67.4 Å². The standard InChI is InChI=1S/C19H20N2O3/c1-4-24-16-8-6-5-7-15(16)20-17(22)12-9-10-14-13(11-12)19(2,3)18(23)21-14/h5-11H,4H2,1-3H3,(H,20,22)(H,21,23). The van der Waals surface area contributed by atoms with Crippen molar-refractivity contribution >= 4 is 23.2 Å². The van der Waals surface area contributed by atoms with E-state index in [2.05, 4.69) is 10.6 Å². The maximum absolute atomic E-state index is 12.6. The Balaban J connectivity index is 1.88. The molecular formula is C19H20N2O3. The molecule has 24 heavy (non-hydrogen) atoms. The monoisotopic (exact) mass is 324 g/mol. The fraction of sp³-hybridized carbons (Fsp3) is 0.263. The number of ether oxygens (including phenoxy) is 1. The molecule has 0 radical (unpaired) electrons. The van der Waals surface area contributed by atoms with E-state index in [1.54, 1.807) is 24.3 Å². The molecule has 2 aromatic rings. The Hall–Kier alpha value is -2.82. The summed E-state index contributed by atoms with van der Waals surface area (Å²) < 4.78 is 5.53. The van der Waals surface area contributed by atoms with Gasteiger partial charge in [0.1, 0.15) is 5.75 Å². The van der Waals surface area contributed by atoms with Crippen LogP contribution >= 0.6 is 0 Å². The molecule has 3 rings (SSSR count). The number of hydrogen-bond acceptors (Lipinski definition) is 3. The quantitative estimate of drug-likeness (QED) is 0.903. The van der Waals surface area contributed by atoms with Crippen LogP contribution in [0.5, 0.6) is 5.75 Å². The number of benzene rings is 2. The normalized spacial score (nSPS) is 14.7. The van der Waals surface area contributed by atoms with Crippen LogP contribution in [0.25, 0.3) is 0 Å². The lowest BCUT2D eigenvalue weighted by molar-refractivity contribution is -0.119. The van der Waals surface area contributed by atoms with Gasteiger partial charge in [-0.1, -0.05) is 12.1 Å². The van der Waals surface area contributed by atoms with Gasteiger partial charge in [-0.3, -0.25) is 9.59 Å². The average Bonchev–Trinajstić information content (AvgIpc) is 2.79. The molecule has 5 heteroatoms. The largest absolute Gasteiger partial charge is 0.492 e. The summed E-state index contributed by atoms with van der Waals surface area (Å²) in [6.45, 7) is 6.11. The Bertz CT molecular complexity index is 812. The van der Waals surface area contributed by atoms with E-state index in [-0.39, 0.29) is 11.8 Å². The third-order valence-corrected chi connectivity index (χ3v) is 4.21. The summed E-state index contributed by atoms with van der Waals surface area (Å²) in [5.74, 6) is 0.337. The van der Waals surface area contributed by atoms with Crippen LogP contribution in [-0.4, -0.2) is 18.4 Å². The van der Waals surface area contributed by atoms with Crippen molar-refractivity contribution < 1.29 is 14.3 Å². The van der Waals surface area contributed by atoms with Crippen molar-refractivity contribution in [2.45, 2.75) is 26.2 Å². The molecule has 0 aliphatic carbocycles. The molecule has 1 heterocycles. The Labute approximate surface area is 141 Å². The molecule has 2 aromatic carbocycles. The van der Waals surface area contributed by atoms with E-state index in [0.717, 1.165) is 11.3 Å². The smallest absolute Gasteiger partial charge is 0.255 e. The molecule has 0 saturated carbocycles. The Morgan fingerprint density at radius 1 is 1.21 bits per heavy atom. The lowest BCUT2D eigenvalue weighted by Crippen LogP contribution is -2.27. The summed E-state index contributed by atoms with van der Waals surface area (Å²) in [6.07, 6.45) is 0. The average molecular weight is 324 g/mol. The predicted octanol–water partition coefficient (Wildman–Crippen LogP) is 3.57. The van der Waals surface area contributed by atoms with Gasteiger partial charge in [-0.2, -0.15) is 0 Å². The molecule has 1 aliphatic rings. The number of carbonyl (C=O) groups is 2. The minimum Gasteiger partial charge on any atom is -0.492 e. The van der Waals surface area contributed by atoms with Crippen molar-refractivity contribution in [3.8, 4) is 5.75 Å². The van der Waals surface area contributed by atoms with E-state index >= 15 is 0 Å². The molecule has 2 N–H and O–H groups in total. The van der Waals surface area contributed by atoms with E-state index in [9.17, 15) is 9.59 Å². The fourth-order valence-corrected chi connectivity index (χ4v) is 2.76. The van der Waals surface area contributed by atoms with Gasteiger partial charge in [0, 0.05) is 11.3 Å². The van der Waals surface area contributed by atoms with Crippen molar-refractivity contribution in [2.75, 3.05) is 17.2 Å². The maximum atomic E-state index is 12.6. The van der Waals surface area contributed by atoms with E-state index in [4.69, 9.17) is 4.74 Å². The number of hydrogen-bond donors (Lipinski definition) is 2. The molecule has 0 fully saturated rings. The molecule has 0 saturated heterocycles. The van der Waals surface area contributed by atoms with Gasteiger partial charge in [0.05, 0.1) is 17.7 Å². The van der Waals surface area contributed by atoms with Crippen LogP contribution in [0.1, 0.15) is 36.7 Å². The number of fused-ring (bicyclic) bond motifs is 1. The molecule has 0 aromatic heterocycles. The Morgan fingerprint density at radius 2 is 1.96 bits per heavy atom. The van der Waals surface area contributed by atoms with Crippen LogP contribution in [0.15, 0.2) is 42.5 Å². The minimum atomic E-state index is -0.644. The molecule has 124 valence electrons. The third kappa shape index (κ3) is 2.73. The number of amides is 2. The Morgan fingerprint density at radius 3 is 2.71 bits per heavy atom. The van der Waals surface area contributed by atoms with Gasteiger partial charge in [-0.05, 0) is 56.7 Å². The van der Waals surface area contributed by atoms with Crippen molar-refractivity contribution in [1.29, 1.82) is 0 Å². The SMILES string of the molecule is CCOc1ccccc1NC(=O)c1ccc2c(c1)C(C)(C)C(=O)N2. The highest BCUT2D eigenvalue weighted by Gasteiger charge is 2.38. The molecule has 1 aliphatic heterocycles. The third-order valence-electron chi connectivity index (χ3n) is 4.21. The maximum Gasteiger partial charge on any atom is 0.255 e. The molecule has 0 spiro atoms. The van der Waals surface area contributed by atoms with E-state index in [1.807, 2.05) is 39.0 Å². The van der Waals surface area contributed by atoms with E-state index in [1.165, 1.54) is 0 Å². The number of nitrogens with one attached hydrogen (secondary N) is 2. The van der Waals surface area contributed by atoms with Gasteiger partial charge in [0.25, 0.3) is 5.91 Å². The second kappa shape index (κ2) is 6.00. The van der Waals surface area contributed by atoms with Gasteiger partial charge in [0.15, 0.2) is 0 Å². The first kappa shape index (κ1) is 16.1. The van der Waals surface area contributed by atoms with Gasteiger partial charge < -0.3 is 15.4 Å². The number of rotatable bonds is 4. The highest BCUT2D eigenvalue weighted by Crippen LogP contribution is 2.37. The van der Waals surface area contributed by atoms with Gasteiger partial charge in [-0.25, -0.2) is 0 Å². The van der Waals surface area contributed by atoms with Crippen LogP contribution in [0.2, 0.25) is 0 Å². The van der Waals surface area contributed by atoms with Gasteiger partial charge in [-0.15, -0.1) is 0 Å². The number of anilines is 2. The Kier molecular flexibility index (Phi) is 4.01. The molecule has 0 bridgehead atoms. The minimum absolute atomic E-state index is 0.0586. The lowest BCUT2D eigenvalue weighted by atomic mass is 9.85. The predicted molar refractivity (Wildman–Crippen MR) is 93.7 cm³/mol. The summed E-state index contributed by atoms with van der Waals surface area (Å²) in [7, 11) is 0. The van der Waals surface area contributed by atoms with Crippen LogP contribution in [0, 0.1) is 0 Å². The lowest BCUT2D eigenvalue weighted by Gasteiger charge is -2.16. The first-order valence-electron chi connectivity index (χ1n) is 7.92. The second-order valence-corrected chi connectivity index (χ2v) is 6.22. The fourth-order valence-electron chi connectivity index (χ4n) is 2.76. The van der Waals surface area contributed by atoms with Crippen molar-refractivity contribution in [2.24, 2.45) is 0 Å². The van der Waals surface area contributed by atoms with Crippen LogP contribution in [-0.2, 0) is 10.2 Å². The summed E-state index contributed by atoms with van der Waals surface area (Å²) >= 11 is 0. The zero-order valence-electron chi connectivity index (χ0n) is 14.0. The number of carbonyl (C=O) groups excluding carboxylic acids is 2.